The minimum Gasteiger partial charge on any atom is -0.241 e. The fourth-order valence-corrected chi connectivity index (χ4v) is 0.992. The summed E-state index contributed by atoms with van der Waals surface area (Å²) < 4.78 is 0. The molecule has 1 rings (SSSR count). The molecule has 1 aromatic rings. The van der Waals surface area contributed by atoms with Crippen LogP contribution in [0.2, 0.25) is 5.02 Å². The van der Waals surface area contributed by atoms with E-state index in [-0.39, 0.29) is 5.92 Å². The zero-order valence-corrected chi connectivity index (χ0v) is 9.10. The molecule has 0 saturated heterocycles. The van der Waals surface area contributed by atoms with Gasteiger partial charge in [0.05, 0.1) is 5.69 Å². The topological polar surface area (TPSA) is 12.4 Å². The van der Waals surface area contributed by atoms with E-state index >= 15 is 0 Å². The summed E-state index contributed by atoms with van der Waals surface area (Å²) in [5.41, 5.74) is 0.836. The number of aliphatic imine (C=N–C) groups is 1. The van der Waals surface area contributed by atoms with Crippen molar-refractivity contribution in [2.24, 2.45) is 10.9 Å². The standard InChI is InChI=1S/C10H11Cl2N/c1-7(2)10(12)13-9-5-3-8(11)4-6-9/h3-7H,1-2H3/b13-10-. The van der Waals surface area contributed by atoms with Crippen LogP contribution in [0.5, 0.6) is 0 Å². The summed E-state index contributed by atoms with van der Waals surface area (Å²) in [7, 11) is 0. The fraction of sp³-hybridized carbons (Fsp3) is 0.300. The minimum absolute atomic E-state index is 0.261. The van der Waals surface area contributed by atoms with Crippen molar-refractivity contribution < 1.29 is 0 Å². The maximum absolute atomic E-state index is 5.91. The molecular weight excluding hydrogens is 205 g/mol. The molecule has 1 nitrogen and oxygen atoms in total. The molecule has 1 aromatic carbocycles. The van der Waals surface area contributed by atoms with Gasteiger partial charge < -0.3 is 0 Å². The first kappa shape index (κ1) is 10.6. The summed E-state index contributed by atoms with van der Waals surface area (Å²) in [6.45, 7) is 4.00. The van der Waals surface area contributed by atoms with Crippen LogP contribution in [0.15, 0.2) is 29.3 Å². The van der Waals surface area contributed by atoms with E-state index < -0.39 is 0 Å². The molecule has 70 valence electrons. The molecule has 0 saturated carbocycles. The van der Waals surface area contributed by atoms with Gasteiger partial charge in [-0.1, -0.05) is 37.0 Å². The van der Waals surface area contributed by atoms with E-state index in [4.69, 9.17) is 23.2 Å². The Morgan fingerprint density at radius 1 is 1.23 bits per heavy atom. The van der Waals surface area contributed by atoms with E-state index in [1.807, 2.05) is 26.0 Å². The third-order valence-electron chi connectivity index (χ3n) is 1.54. The number of hydrogen-bond donors (Lipinski definition) is 0. The summed E-state index contributed by atoms with van der Waals surface area (Å²) in [4.78, 5) is 4.22. The predicted octanol–water partition coefficient (Wildman–Crippen LogP) is 4.26. The SMILES string of the molecule is CC(C)/C(Cl)=N/c1ccc(Cl)cc1. The van der Waals surface area contributed by atoms with Crippen LogP contribution in [0.25, 0.3) is 0 Å². The molecule has 0 N–H and O–H groups in total. The molecule has 0 atom stereocenters. The molecular formula is C10H11Cl2N. The Bertz CT molecular complexity index is 301. The van der Waals surface area contributed by atoms with E-state index in [9.17, 15) is 0 Å². The monoisotopic (exact) mass is 215 g/mol. The van der Waals surface area contributed by atoms with Gasteiger partial charge in [-0.05, 0) is 24.3 Å². The molecule has 3 heteroatoms. The van der Waals surface area contributed by atoms with Crippen molar-refractivity contribution in [3.05, 3.63) is 29.3 Å². The Kier molecular flexibility index (Phi) is 3.76. The lowest BCUT2D eigenvalue weighted by Gasteiger charge is -2.01. The molecule has 0 aliphatic rings. The van der Waals surface area contributed by atoms with Crippen molar-refractivity contribution in [2.45, 2.75) is 13.8 Å². The van der Waals surface area contributed by atoms with Crippen LogP contribution in [-0.4, -0.2) is 5.17 Å². The van der Waals surface area contributed by atoms with Gasteiger partial charge >= 0.3 is 0 Å². The average Bonchev–Trinajstić information content (AvgIpc) is 2.08. The highest BCUT2D eigenvalue weighted by Crippen LogP contribution is 2.18. The molecule has 0 aliphatic heterocycles. The second-order valence-electron chi connectivity index (χ2n) is 3.07. The second kappa shape index (κ2) is 4.64. The first-order chi connectivity index (χ1) is 6.09. The van der Waals surface area contributed by atoms with Gasteiger partial charge in [-0.3, -0.25) is 0 Å². The smallest absolute Gasteiger partial charge is 0.109 e. The van der Waals surface area contributed by atoms with Crippen LogP contribution in [0.1, 0.15) is 13.8 Å². The highest BCUT2D eigenvalue weighted by Gasteiger charge is 2.00. The zero-order chi connectivity index (χ0) is 9.84. The number of nitrogens with zero attached hydrogens (tertiary/aromatic N) is 1. The zero-order valence-electron chi connectivity index (χ0n) is 7.59. The van der Waals surface area contributed by atoms with Gasteiger partial charge in [0, 0.05) is 10.9 Å². The van der Waals surface area contributed by atoms with Crippen molar-refractivity contribution in [1.82, 2.24) is 0 Å². The predicted molar refractivity (Wildman–Crippen MR) is 59.2 cm³/mol. The van der Waals surface area contributed by atoms with Gasteiger partial charge in [0.15, 0.2) is 0 Å². The van der Waals surface area contributed by atoms with Crippen LogP contribution < -0.4 is 0 Å². The molecule has 0 amide bonds. The van der Waals surface area contributed by atoms with Gasteiger partial charge in [0.1, 0.15) is 5.17 Å². The summed E-state index contributed by atoms with van der Waals surface area (Å²) in [5.74, 6) is 0.261. The maximum Gasteiger partial charge on any atom is 0.109 e. The minimum atomic E-state index is 0.261. The molecule has 0 spiro atoms. The van der Waals surface area contributed by atoms with Gasteiger partial charge in [-0.25, -0.2) is 4.99 Å². The lowest BCUT2D eigenvalue weighted by molar-refractivity contribution is 0.899. The Hall–Kier alpha value is -0.530. The molecule has 0 bridgehead atoms. The average molecular weight is 216 g/mol. The summed E-state index contributed by atoms with van der Waals surface area (Å²) in [5, 5.41) is 1.32. The summed E-state index contributed by atoms with van der Waals surface area (Å²) in [6, 6.07) is 7.27. The van der Waals surface area contributed by atoms with Crippen LogP contribution in [0.3, 0.4) is 0 Å². The quantitative estimate of drug-likeness (QED) is 0.654. The molecule has 0 aromatic heterocycles. The van der Waals surface area contributed by atoms with E-state index in [2.05, 4.69) is 4.99 Å². The van der Waals surface area contributed by atoms with Crippen LogP contribution in [-0.2, 0) is 0 Å². The largest absolute Gasteiger partial charge is 0.241 e. The van der Waals surface area contributed by atoms with Gasteiger partial charge in [-0.2, -0.15) is 0 Å². The van der Waals surface area contributed by atoms with Crippen molar-refractivity contribution in [1.29, 1.82) is 0 Å². The Balaban J connectivity index is 2.85. The first-order valence-corrected chi connectivity index (χ1v) is 4.85. The van der Waals surface area contributed by atoms with Gasteiger partial charge in [0.2, 0.25) is 0 Å². The summed E-state index contributed by atoms with van der Waals surface area (Å²) in [6.07, 6.45) is 0. The maximum atomic E-state index is 5.91. The fourth-order valence-electron chi connectivity index (χ4n) is 0.768. The van der Waals surface area contributed by atoms with Crippen LogP contribution in [0.4, 0.5) is 5.69 Å². The lowest BCUT2D eigenvalue weighted by atomic mass is 10.2. The third-order valence-corrected chi connectivity index (χ3v) is 2.31. The number of rotatable bonds is 2. The number of hydrogen-bond acceptors (Lipinski definition) is 1. The van der Waals surface area contributed by atoms with E-state index in [0.717, 1.165) is 5.69 Å². The van der Waals surface area contributed by atoms with E-state index in [1.165, 1.54) is 0 Å². The Morgan fingerprint density at radius 3 is 2.23 bits per heavy atom. The van der Waals surface area contributed by atoms with Crippen molar-refractivity contribution in [2.75, 3.05) is 0 Å². The molecule has 0 aliphatic carbocycles. The highest BCUT2D eigenvalue weighted by atomic mass is 35.5. The van der Waals surface area contributed by atoms with Crippen molar-refractivity contribution in [3.63, 3.8) is 0 Å². The van der Waals surface area contributed by atoms with Crippen LogP contribution in [0, 0.1) is 5.92 Å². The number of halogens is 2. The van der Waals surface area contributed by atoms with Gasteiger partial charge in [0.25, 0.3) is 0 Å². The lowest BCUT2D eigenvalue weighted by Crippen LogP contribution is -1.96. The highest BCUT2D eigenvalue weighted by molar-refractivity contribution is 6.66. The summed E-state index contributed by atoms with van der Waals surface area (Å²) >= 11 is 11.6. The normalized spacial score (nSPS) is 12.2. The van der Waals surface area contributed by atoms with Gasteiger partial charge in [-0.15, -0.1) is 0 Å². The Labute approximate surface area is 88.4 Å². The first-order valence-electron chi connectivity index (χ1n) is 4.09. The van der Waals surface area contributed by atoms with Crippen molar-refractivity contribution in [3.8, 4) is 0 Å². The van der Waals surface area contributed by atoms with E-state index in [1.54, 1.807) is 12.1 Å². The Morgan fingerprint density at radius 2 is 1.77 bits per heavy atom. The van der Waals surface area contributed by atoms with Crippen molar-refractivity contribution >= 4 is 34.1 Å². The molecule has 13 heavy (non-hydrogen) atoms. The molecule has 0 heterocycles. The molecule has 0 fully saturated rings. The molecule has 0 radical (unpaired) electrons. The van der Waals surface area contributed by atoms with E-state index in [0.29, 0.717) is 10.2 Å². The van der Waals surface area contributed by atoms with Crippen LogP contribution >= 0.6 is 23.2 Å². The molecule has 0 unspecified atom stereocenters. The third kappa shape index (κ3) is 3.37. The number of benzene rings is 1. The second-order valence-corrected chi connectivity index (χ2v) is 3.89.